The average Bonchev–Trinajstić information content (AvgIpc) is 3.83. The Bertz CT molecular complexity index is 4330. The normalized spacial score (nSPS) is 11.5. The molecule has 0 bridgehead atoms. The van der Waals surface area contributed by atoms with Gasteiger partial charge in [0.1, 0.15) is 0 Å². The van der Waals surface area contributed by atoms with Crippen molar-refractivity contribution < 1.29 is 0 Å². The standard InChI is InChI=1S/C72H48N2/c1-4-18-49(19-5-1)57-42-58(50-20-6-2-7-21-50)44-59(43-57)51-34-38-61(39-35-51)73(62-40-36-52(37-41-62)68-47-56-24-12-13-29-64(56)66-30-14-15-31-67(66)68)63-28-16-25-55(45-63)65-32-17-33-70-72(65)69-46-53-22-10-11-23-54(53)48-71(69)74(70)60-26-8-3-9-27-60/h1-48H. The quantitative estimate of drug-likeness (QED) is 0.131. The van der Waals surface area contributed by atoms with Crippen molar-refractivity contribution in [3.8, 4) is 61.3 Å². The molecule has 346 valence electrons. The van der Waals surface area contributed by atoms with Gasteiger partial charge >= 0.3 is 0 Å². The van der Waals surface area contributed by atoms with E-state index in [-0.39, 0.29) is 0 Å². The molecule has 0 spiro atoms. The molecule has 0 atom stereocenters. The van der Waals surface area contributed by atoms with E-state index in [0.29, 0.717) is 0 Å². The SMILES string of the molecule is c1ccc(-c2cc(-c3ccccc3)cc(-c3ccc(N(c4ccc(-c5cc6ccccc6c6ccccc56)cc4)c4cccc(-c5cccc6c5c5cc7ccccc7cc5n6-c5ccccc5)c4)cc3)c2)cc1. The summed E-state index contributed by atoms with van der Waals surface area (Å²) >= 11 is 0. The second-order valence-electron chi connectivity index (χ2n) is 19.3. The van der Waals surface area contributed by atoms with Crippen molar-refractivity contribution in [2.75, 3.05) is 4.90 Å². The Kier molecular flexibility index (Phi) is 10.6. The fraction of sp³-hybridized carbons (Fsp3) is 0. The van der Waals surface area contributed by atoms with E-state index in [9.17, 15) is 0 Å². The summed E-state index contributed by atoms with van der Waals surface area (Å²) in [6.45, 7) is 0. The van der Waals surface area contributed by atoms with Gasteiger partial charge < -0.3 is 9.47 Å². The van der Waals surface area contributed by atoms with Crippen molar-refractivity contribution in [2.24, 2.45) is 0 Å². The van der Waals surface area contributed by atoms with Crippen LogP contribution >= 0.6 is 0 Å². The maximum Gasteiger partial charge on any atom is 0.0547 e. The number of hydrogen-bond donors (Lipinski definition) is 0. The summed E-state index contributed by atoms with van der Waals surface area (Å²) in [6, 6.07) is 107. The van der Waals surface area contributed by atoms with Crippen LogP contribution in [0.3, 0.4) is 0 Å². The molecule has 0 amide bonds. The maximum atomic E-state index is 2.43. The Balaban J connectivity index is 0.927. The monoisotopic (exact) mass is 940 g/mol. The summed E-state index contributed by atoms with van der Waals surface area (Å²) in [5, 5.41) is 9.97. The minimum atomic E-state index is 1.07. The molecule has 0 saturated heterocycles. The molecule has 0 saturated carbocycles. The van der Waals surface area contributed by atoms with Gasteiger partial charge in [-0.05, 0) is 179 Å². The predicted octanol–water partition coefficient (Wildman–Crippen LogP) is 20.0. The number of para-hydroxylation sites is 1. The maximum absolute atomic E-state index is 2.43. The van der Waals surface area contributed by atoms with Gasteiger partial charge in [-0.15, -0.1) is 0 Å². The lowest BCUT2D eigenvalue weighted by Gasteiger charge is -2.27. The third kappa shape index (κ3) is 7.60. The van der Waals surface area contributed by atoms with Crippen LogP contribution in [0.25, 0.3) is 115 Å². The van der Waals surface area contributed by atoms with Crippen LogP contribution in [0.1, 0.15) is 0 Å². The molecule has 2 heteroatoms. The van der Waals surface area contributed by atoms with Gasteiger partial charge in [0.05, 0.1) is 11.0 Å². The number of benzene rings is 13. The lowest BCUT2D eigenvalue weighted by molar-refractivity contribution is 1.18. The number of nitrogens with zero attached hydrogens (tertiary/aromatic N) is 2. The predicted molar refractivity (Wildman–Crippen MR) is 315 cm³/mol. The Morgan fingerprint density at radius 1 is 0.230 bits per heavy atom. The zero-order valence-electron chi connectivity index (χ0n) is 40.6. The number of hydrogen-bond acceptors (Lipinski definition) is 1. The number of aromatic nitrogens is 1. The van der Waals surface area contributed by atoms with Crippen LogP contribution in [0.4, 0.5) is 17.1 Å². The number of rotatable bonds is 9. The topological polar surface area (TPSA) is 8.17 Å². The Morgan fingerprint density at radius 2 is 0.730 bits per heavy atom. The summed E-state index contributed by atoms with van der Waals surface area (Å²) in [5.41, 5.74) is 18.6. The molecule has 0 aliphatic rings. The third-order valence-electron chi connectivity index (χ3n) is 14.9. The van der Waals surface area contributed by atoms with Crippen molar-refractivity contribution >= 4 is 71.2 Å². The largest absolute Gasteiger partial charge is 0.310 e. The van der Waals surface area contributed by atoms with Gasteiger partial charge in [0.25, 0.3) is 0 Å². The molecule has 2 nitrogen and oxygen atoms in total. The van der Waals surface area contributed by atoms with Crippen molar-refractivity contribution in [2.45, 2.75) is 0 Å². The second kappa shape index (κ2) is 18.1. The molecule has 13 aromatic carbocycles. The highest BCUT2D eigenvalue weighted by Crippen LogP contribution is 2.44. The highest BCUT2D eigenvalue weighted by molar-refractivity contribution is 6.19. The smallest absolute Gasteiger partial charge is 0.0547 e. The molecule has 0 radical (unpaired) electrons. The van der Waals surface area contributed by atoms with Crippen LogP contribution in [0, 0.1) is 0 Å². The first-order chi connectivity index (χ1) is 36.7. The van der Waals surface area contributed by atoms with E-state index in [1.54, 1.807) is 0 Å². The van der Waals surface area contributed by atoms with E-state index >= 15 is 0 Å². The second-order valence-corrected chi connectivity index (χ2v) is 19.3. The van der Waals surface area contributed by atoms with Crippen molar-refractivity contribution in [1.29, 1.82) is 0 Å². The van der Waals surface area contributed by atoms with E-state index in [2.05, 4.69) is 301 Å². The molecule has 0 fully saturated rings. The Hall–Kier alpha value is -9.76. The highest BCUT2D eigenvalue weighted by atomic mass is 15.1. The van der Waals surface area contributed by atoms with Crippen LogP contribution in [0.2, 0.25) is 0 Å². The third-order valence-corrected chi connectivity index (χ3v) is 14.9. The minimum absolute atomic E-state index is 1.07. The summed E-state index contributed by atoms with van der Waals surface area (Å²) in [5.74, 6) is 0. The van der Waals surface area contributed by atoms with Gasteiger partial charge in [0, 0.05) is 33.5 Å². The fourth-order valence-electron chi connectivity index (χ4n) is 11.4. The van der Waals surface area contributed by atoms with E-state index in [4.69, 9.17) is 0 Å². The number of fused-ring (bicyclic) bond motifs is 7. The highest BCUT2D eigenvalue weighted by Gasteiger charge is 2.20. The molecule has 14 rings (SSSR count). The molecule has 0 aliphatic heterocycles. The molecule has 1 aromatic heterocycles. The van der Waals surface area contributed by atoms with E-state index in [1.165, 1.54) is 98.6 Å². The Labute approximate surface area is 430 Å². The van der Waals surface area contributed by atoms with Crippen LogP contribution in [0.15, 0.2) is 291 Å². The van der Waals surface area contributed by atoms with E-state index in [1.807, 2.05) is 0 Å². The molecule has 0 unspecified atom stereocenters. The Morgan fingerprint density at radius 3 is 1.38 bits per heavy atom. The van der Waals surface area contributed by atoms with Crippen LogP contribution in [0.5, 0.6) is 0 Å². The van der Waals surface area contributed by atoms with Crippen molar-refractivity contribution in [3.05, 3.63) is 291 Å². The molecule has 74 heavy (non-hydrogen) atoms. The minimum Gasteiger partial charge on any atom is -0.310 e. The van der Waals surface area contributed by atoms with Gasteiger partial charge in [-0.3, -0.25) is 0 Å². The first-order valence-electron chi connectivity index (χ1n) is 25.5. The summed E-state index contributed by atoms with van der Waals surface area (Å²) in [7, 11) is 0. The van der Waals surface area contributed by atoms with Gasteiger partial charge in [-0.2, -0.15) is 0 Å². The zero-order valence-corrected chi connectivity index (χ0v) is 40.6. The van der Waals surface area contributed by atoms with E-state index < -0.39 is 0 Å². The first-order valence-corrected chi connectivity index (χ1v) is 25.5. The lowest BCUT2D eigenvalue weighted by atomic mass is 9.93. The lowest BCUT2D eigenvalue weighted by Crippen LogP contribution is -2.10. The molecule has 1 heterocycles. The molecule has 0 N–H and O–H groups in total. The fourth-order valence-corrected chi connectivity index (χ4v) is 11.4. The molecular formula is C72H48N2. The summed E-state index contributed by atoms with van der Waals surface area (Å²) in [4.78, 5) is 2.41. The van der Waals surface area contributed by atoms with Crippen LogP contribution < -0.4 is 4.90 Å². The van der Waals surface area contributed by atoms with Gasteiger partial charge in [0.2, 0.25) is 0 Å². The van der Waals surface area contributed by atoms with Gasteiger partial charge in [0.15, 0.2) is 0 Å². The first kappa shape index (κ1) is 43.1. The van der Waals surface area contributed by atoms with Crippen LogP contribution in [-0.2, 0) is 0 Å². The molecule has 0 aliphatic carbocycles. The van der Waals surface area contributed by atoms with Gasteiger partial charge in [-0.25, -0.2) is 0 Å². The van der Waals surface area contributed by atoms with Crippen molar-refractivity contribution in [1.82, 2.24) is 4.57 Å². The number of anilines is 3. The van der Waals surface area contributed by atoms with Crippen molar-refractivity contribution in [3.63, 3.8) is 0 Å². The summed E-state index contributed by atoms with van der Waals surface area (Å²) < 4.78 is 2.43. The van der Waals surface area contributed by atoms with Gasteiger partial charge in [-0.1, -0.05) is 200 Å². The molecular weight excluding hydrogens is 893 g/mol. The summed E-state index contributed by atoms with van der Waals surface area (Å²) in [6.07, 6.45) is 0. The zero-order chi connectivity index (χ0) is 49.0. The van der Waals surface area contributed by atoms with Crippen LogP contribution in [-0.4, -0.2) is 4.57 Å². The average molecular weight is 941 g/mol. The molecule has 14 aromatic rings. The van der Waals surface area contributed by atoms with E-state index in [0.717, 1.165) is 33.9 Å².